The number of hydrogen-bond donors (Lipinski definition) is 2. The van der Waals surface area contributed by atoms with Crippen LogP contribution in [0.25, 0.3) is 0 Å². The van der Waals surface area contributed by atoms with Crippen molar-refractivity contribution >= 4 is 16.7 Å². The molecule has 0 radical (unpaired) electrons. The van der Waals surface area contributed by atoms with Crippen LogP contribution < -0.4 is 5.73 Å². The van der Waals surface area contributed by atoms with Crippen molar-refractivity contribution < 1.29 is 4.21 Å². The Morgan fingerprint density at radius 2 is 2.44 bits per heavy atom. The van der Waals surface area contributed by atoms with Crippen LogP contribution in [0, 0.1) is 0 Å². The Morgan fingerprint density at radius 3 is 2.67 bits per heavy atom. The SMILES string of the molecule is CS(=O)c1nc(N)n[nH]1. The third kappa shape index (κ3) is 1.26. The lowest BCUT2D eigenvalue weighted by Crippen LogP contribution is -1.90. The number of H-pyrrole nitrogens is 1. The molecule has 0 bridgehead atoms. The molecule has 0 fully saturated rings. The first-order valence-corrected chi connectivity index (χ1v) is 3.77. The largest absolute Gasteiger partial charge is 0.366 e. The molecule has 1 aromatic heterocycles. The number of aromatic amines is 1. The van der Waals surface area contributed by atoms with E-state index in [1.165, 1.54) is 6.26 Å². The molecule has 6 heteroatoms. The van der Waals surface area contributed by atoms with E-state index in [0.29, 0.717) is 5.16 Å². The molecule has 1 atom stereocenters. The molecule has 0 aromatic carbocycles. The van der Waals surface area contributed by atoms with Crippen LogP contribution >= 0.6 is 0 Å². The smallest absolute Gasteiger partial charge is 0.240 e. The monoisotopic (exact) mass is 146 g/mol. The molecule has 1 aromatic rings. The molecule has 1 rings (SSSR count). The number of aromatic nitrogens is 3. The first kappa shape index (κ1) is 6.21. The zero-order valence-corrected chi connectivity index (χ0v) is 5.60. The number of nitrogens with one attached hydrogen (secondary N) is 1. The second kappa shape index (κ2) is 2.14. The van der Waals surface area contributed by atoms with Gasteiger partial charge in [-0.1, -0.05) is 0 Å². The van der Waals surface area contributed by atoms with Gasteiger partial charge in [0.2, 0.25) is 11.1 Å². The second-order valence-corrected chi connectivity index (χ2v) is 2.75. The van der Waals surface area contributed by atoms with E-state index in [4.69, 9.17) is 5.73 Å². The van der Waals surface area contributed by atoms with Crippen LogP contribution in [-0.2, 0) is 10.8 Å². The normalized spacial score (nSPS) is 13.4. The Hall–Kier alpha value is -0.910. The van der Waals surface area contributed by atoms with Gasteiger partial charge in [0.15, 0.2) is 0 Å². The predicted molar refractivity (Wildman–Crippen MR) is 33.1 cm³/mol. The van der Waals surface area contributed by atoms with Gasteiger partial charge in [-0.25, -0.2) is 0 Å². The first-order valence-electron chi connectivity index (χ1n) is 2.21. The van der Waals surface area contributed by atoms with Gasteiger partial charge in [0, 0.05) is 6.26 Å². The summed E-state index contributed by atoms with van der Waals surface area (Å²) in [5, 5.41) is 6.22. The fraction of sp³-hybridized carbons (Fsp3) is 0.333. The third-order valence-corrected chi connectivity index (χ3v) is 1.48. The maximum Gasteiger partial charge on any atom is 0.240 e. The maximum absolute atomic E-state index is 10.6. The number of nitrogens with zero attached hydrogens (tertiary/aromatic N) is 2. The molecule has 0 saturated carbocycles. The van der Waals surface area contributed by atoms with Gasteiger partial charge in [-0.2, -0.15) is 4.98 Å². The van der Waals surface area contributed by atoms with Crippen LogP contribution in [0.15, 0.2) is 5.16 Å². The molecule has 9 heavy (non-hydrogen) atoms. The molecule has 1 heterocycles. The number of hydrogen-bond acceptors (Lipinski definition) is 4. The van der Waals surface area contributed by atoms with Gasteiger partial charge in [0.05, 0.1) is 10.8 Å². The van der Waals surface area contributed by atoms with Gasteiger partial charge in [-0.3, -0.25) is 9.31 Å². The number of anilines is 1. The molecule has 5 nitrogen and oxygen atoms in total. The maximum atomic E-state index is 10.6. The van der Waals surface area contributed by atoms with Crippen molar-refractivity contribution in [1.29, 1.82) is 0 Å². The van der Waals surface area contributed by atoms with E-state index >= 15 is 0 Å². The molecular formula is C3H6N4OS. The van der Waals surface area contributed by atoms with Crippen LogP contribution in [0.1, 0.15) is 0 Å². The van der Waals surface area contributed by atoms with E-state index in [9.17, 15) is 4.21 Å². The minimum absolute atomic E-state index is 0.125. The van der Waals surface area contributed by atoms with E-state index in [1.807, 2.05) is 0 Å². The van der Waals surface area contributed by atoms with Crippen molar-refractivity contribution in [2.24, 2.45) is 0 Å². The van der Waals surface area contributed by atoms with Crippen molar-refractivity contribution in [3.63, 3.8) is 0 Å². The van der Waals surface area contributed by atoms with Crippen LogP contribution in [0.3, 0.4) is 0 Å². The molecule has 0 spiro atoms. The number of rotatable bonds is 1. The molecule has 0 aliphatic rings. The lowest BCUT2D eigenvalue weighted by atomic mass is 11.1. The summed E-state index contributed by atoms with van der Waals surface area (Å²) in [6.07, 6.45) is 1.50. The summed E-state index contributed by atoms with van der Waals surface area (Å²) in [7, 11) is -1.12. The van der Waals surface area contributed by atoms with Gasteiger partial charge in [0.1, 0.15) is 0 Å². The topological polar surface area (TPSA) is 84.7 Å². The predicted octanol–water partition coefficient (Wildman–Crippen LogP) is -0.876. The van der Waals surface area contributed by atoms with Gasteiger partial charge >= 0.3 is 0 Å². The summed E-state index contributed by atoms with van der Waals surface area (Å²) in [5.41, 5.74) is 5.13. The Labute approximate surface area is 54.1 Å². The lowest BCUT2D eigenvalue weighted by molar-refractivity contribution is 0.680. The Kier molecular flexibility index (Phi) is 1.48. The summed E-state index contributed by atoms with van der Waals surface area (Å²) in [6.45, 7) is 0. The molecule has 0 saturated heterocycles. The number of nitrogen functional groups attached to an aromatic ring is 1. The average Bonchev–Trinajstić information content (AvgIpc) is 2.14. The quantitative estimate of drug-likeness (QED) is 0.539. The molecule has 50 valence electrons. The van der Waals surface area contributed by atoms with E-state index in [2.05, 4.69) is 15.2 Å². The summed E-state index contributed by atoms with van der Waals surface area (Å²) in [6, 6.07) is 0. The number of nitrogens with two attached hydrogens (primary N) is 1. The van der Waals surface area contributed by atoms with E-state index < -0.39 is 10.8 Å². The van der Waals surface area contributed by atoms with Crippen molar-refractivity contribution in [3.8, 4) is 0 Å². The summed E-state index contributed by atoms with van der Waals surface area (Å²) < 4.78 is 10.6. The standard InChI is InChI=1S/C3H6N4OS/c1-9(8)3-5-2(4)6-7-3/h1H3,(H3,4,5,6,7). The van der Waals surface area contributed by atoms with Crippen LogP contribution in [-0.4, -0.2) is 25.6 Å². The van der Waals surface area contributed by atoms with Gasteiger partial charge in [0.25, 0.3) is 0 Å². The third-order valence-electron chi connectivity index (χ3n) is 0.754. The second-order valence-electron chi connectivity index (χ2n) is 1.45. The minimum atomic E-state index is -1.12. The molecule has 0 aliphatic carbocycles. The minimum Gasteiger partial charge on any atom is -0.366 e. The molecular weight excluding hydrogens is 140 g/mol. The van der Waals surface area contributed by atoms with Crippen LogP contribution in [0.5, 0.6) is 0 Å². The molecule has 3 N–H and O–H groups in total. The lowest BCUT2D eigenvalue weighted by Gasteiger charge is -1.80. The van der Waals surface area contributed by atoms with E-state index in [-0.39, 0.29) is 5.95 Å². The zero-order chi connectivity index (χ0) is 6.85. The fourth-order valence-corrected chi connectivity index (χ4v) is 0.784. The summed E-state index contributed by atoms with van der Waals surface area (Å²) >= 11 is 0. The summed E-state index contributed by atoms with van der Waals surface area (Å²) in [4.78, 5) is 3.62. The molecule has 0 amide bonds. The average molecular weight is 146 g/mol. The highest BCUT2D eigenvalue weighted by Gasteiger charge is 2.00. The molecule has 1 unspecified atom stereocenters. The van der Waals surface area contributed by atoms with Gasteiger partial charge in [-0.05, 0) is 0 Å². The highest BCUT2D eigenvalue weighted by atomic mass is 32.2. The van der Waals surface area contributed by atoms with Crippen LogP contribution in [0.2, 0.25) is 0 Å². The van der Waals surface area contributed by atoms with Gasteiger partial charge < -0.3 is 5.73 Å². The van der Waals surface area contributed by atoms with E-state index in [1.54, 1.807) is 0 Å². The Balaban J connectivity index is 2.98. The van der Waals surface area contributed by atoms with Crippen molar-refractivity contribution in [2.45, 2.75) is 5.16 Å². The van der Waals surface area contributed by atoms with Crippen molar-refractivity contribution in [2.75, 3.05) is 12.0 Å². The van der Waals surface area contributed by atoms with Gasteiger partial charge in [-0.15, -0.1) is 5.10 Å². The highest BCUT2D eigenvalue weighted by Crippen LogP contribution is 1.95. The fourth-order valence-electron chi connectivity index (χ4n) is 0.388. The Bertz CT molecular complexity index is 231. The molecule has 0 aliphatic heterocycles. The van der Waals surface area contributed by atoms with Crippen molar-refractivity contribution in [1.82, 2.24) is 15.2 Å². The van der Waals surface area contributed by atoms with Crippen molar-refractivity contribution in [3.05, 3.63) is 0 Å². The summed E-state index contributed by atoms with van der Waals surface area (Å²) in [5.74, 6) is 0.125. The first-order chi connectivity index (χ1) is 4.20. The Morgan fingerprint density at radius 1 is 1.78 bits per heavy atom. The highest BCUT2D eigenvalue weighted by molar-refractivity contribution is 7.84. The van der Waals surface area contributed by atoms with Crippen LogP contribution in [0.4, 0.5) is 5.95 Å². The van der Waals surface area contributed by atoms with E-state index in [0.717, 1.165) is 0 Å². The zero-order valence-electron chi connectivity index (χ0n) is 4.79.